The number of carbonyl (C=O) groups is 1. The molecule has 0 aliphatic heterocycles. The van der Waals surface area contributed by atoms with Gasteiger partial charge in [-0.15, -0.1) is 0 Å². The Hall–Kier alpha value is -1.53. The van der Waals surface area contributed by atoms with Crippen molar-refractivity contribution in [2.24, 2.45) is 15.4 Å². The van der Waals surface area contributed by atoms with Gasteiger partial charge in [-0.3, -0.25) is 14.8 Å². The number of carbonyl (C=O) groups excluding carboxylic acids is 1. The van der Waals surface area contributed by atoms with Crippen LogP contribution in [-0.4, -0.2) is 49.7 Å². The Bertz CT molecular complexity index is 572. The Labute approximate surface area is 197 Å². The van der Waals surface area contributed by atoms with Crippen molar-refractivity contribution in [2.75, 3.05) is 26.2 Å². The number of aliphatic hydroxyl groups excluding tert-OH is 1. The van der Waals surface area contributed by atoms with Crippen LogP contribution < -0.4 is 10.6 Å². The number of amides is 1. The van der Waals surface area contributed by atoms with Gasteiger partial charge in [-0.25, -0.2) is 0 Å². The van der Waals surface area contributed by atoms with Crippen LogP contribution in [0.4, 0.5) is 0 Å². The maximum atomic E-state index is 12.1. The summed E-state index contributed by atoms with van der Waals surface area (Å²) in [6.07, 6.45) is 14.6. The summed E-state index contributed by atoms with van der Waals surface area (Å²) in [4.78, 5) is 21.0. The summed E-state index contributed by atoms with van der Waals surface area (Å²) in [5, 5.41) is 15.5. The highest BCUT2D eigenvalue weighted by molar-refractivity contribution is 5.75. The molecule has 0 fully saturated rings. The number of aliphatic imine (C=N–C) groups is 2. The van der Waals surface area contributed by atoms with E-state index in [-0.39, 0.29) is 12.5 Å². The minimum absolute atomic E-state index is 0.162. The monoisotopic (exact) mass is 450 g/mol. The standard InChI is InChI=1S/C26H50N4O2/c1-6-9-19-29-24(23(4)28-8-3)22-27-18-12-13-20-30-25(32)15-10-11-16-26(5,7-2)17-14-21-31/h8,19,27,31H,6-7,9-18,20-22H2,1-5H3,(H,30,32)/b24-23+,28-8?,29-19?. The number of hydrogen-bond donors (Lipinski definition) is 3. The zero-order chi connectivity index (χ0) is 24.1. The van der Waals surface area contributed by atoms with Crippen molar-refractivity contribution in [1.29, 1.82) is 0 Å². The van der Waals surface area contributed by atoms with E-state index in [0.717, 1.165) is 88.7 Å². The van der Waals surface area contributed by atoms with E-state index in [2.05, 4.69) is 41.4 Å². The van der Waals surface area contributed by atoms with Gasteiger partial charge < -0.3 is 15.7 Å². The van der Waals surface area contributed by atoms with Crippen LogP contribution in [0, 0.1) is 5.41 Å². The number of hydrogen-bond acceptors (Lipinski definition) is 5. The Balaban J connectivity index is 3.95. The summed E-state index contributed by atoms with van der Waals surface area (Å²) in [5.74, 6) is 0.162. The lowest BCUT2D eigenvalue weighted by atomic mass is 9.78. The lowest BCUT2D eigenvalue weighted by Crippen LogP contribution is -2.25. The van der Waals surface area contributed by atoms with Crippen LogP contribution in [0.5, 0.6) is 0 Å². The van der Waals surface area contributed by atoms with E-state index in [0.29, 0.717) is 18.4 Å². The van der Waals surface area contributed by atoms with Crippen molar-refractivity contribution in [1.82, 2.24) is 10.6 Å². The maximum Gasteiger partial charge on any atom is 0.219 e. The number of allylic oxidation sites excluding steroid dienone is 1. The van der Waals surface area contributed by atoms with Crippen molar-refractivity contribution in [3.8, 4) is 0 Å². The fraction of sp³-hybridized carbons (Fsp3) is 0.808. The first-order valence-corrected chi connectivity index (χ1v) is 12.7. The molecule has 0 rings (SSSR count). The first kappa shape index (κ1) is 30.5. The Morgan fingerprint density at radius 1 is 1.03 bits per heavy atom. The van der Waals surface area contributed by atoms with Gasteiger partial charge in [0.15, 0.2) is 0 Å². The second kappa shape index (κ2) is 20.1. The number of nitrogens with one attached hydrogen (secondary N) is 2. The van der Waals surface area contributed by atoms with Crippen LogP contribution in [0.25, 0.3) is 0 Å². The minimum atomic E-state index is 0.162. The lowest BCUT2D eigenvalue weighted by Gasteiger charge is -2.28. The molecule has 0 aromatic carbocycles. The first-order chi connectivity index (χ1) is 15.4. The molecule has 0 aliphatic carbocycles. The predicted molar refractivity (Wildman–Crippen MR) is 139 cm³/mol. The average molecular weight is 451 g/mol. The summed E-state index contributed by atoms with van der Waals surface area (Å²) in [7, 11) is 0. The topological polar surface area (TPSA) is 86.1 Å². The Morgan fingerprint density at radius 3 is 2.41 bits per heavy atom. The van der Waals surface area contributed by atoms with Gasteiger partial charge in [-0.1, -0.05) is 40.0 Å². The average Bonchev–Trinajstić information content (AvgIpc) is 2.79. The van der Waals surface area contributed by atoms with E-state index in [1.165, 1.54) is 0 Å². The van der Waals surface area contributed by atoms with Crippen LogP contribution in [0.2, 0.25) is 0 Å². The van der Waals surface area contributed by atoms with E-state index in [1.807, 2.05) is 20.1 Å². The van der Waals surface area contributed by atoms with E-state index in [4.69, 9.17) is 5.11 Å². The van der Waals surface area contributed by atoms with Gasteiger partial charge in [0, 0.05) is 38.5 Å². The molecule has 0 radical (unpaired) electrons. The van der Waals surface area contributed by atoms with E-state index >= 15 is 0 Å². The van der Waals surface area contributed by atoms with Gasteiger partial charge in [0.2, 0.25) is 5.91 Å². The zero-order valence-corrected chi connectivity index (χ0v) is 21.5. The lowest BCUT2D eigenvalue weighted by molar-refractivity contribution is -0.121. The van der Waals surface area contributed by atoms with Crippen LogP contribution in [-0.2, 0) is 4.79 Å². The highest BCUT2D eigenvalue weighted by Gasteiger charge is 2.20. The fourth-order valence-electron chi connectivity index (χ4n) is 3.56. The van der Waals surface area contributed by atoms with Crippen LogP contribution >= 0.6 is 0 Å². The van der Waals surface area contributed by atoms with Crippen molar-refractivity contribution < 1.29 is 9.90 Å². The smallest absolute Gasteiger partial charge is 0.219 e. The van der Waals surface area contributed by atoms with Crippen LogP contribution in [0.15, 0.2) is 21.4 Å². The molecule has 1 atom stereocenters. The molecule has 6 nitrogen and oxygen atoms in total. The Morgan fingerprint density at radius 2 is 1.75 bits per heavy atom. The molecule has 1 amide bonds. The maximum absolute atomic E-state index is 12.1. The molecular weight excluding hydrogens is 400 g/mol. The molecular formula is C26H50N4O2. The summed E-state index contributed by atoms with van der Waals surface area (Å²) in [6, 6.07) is 0. The predicted octanol–water partition coefficient (Wildman–Crippen LogP) is 5.41. The molecule has 1 unspecified atom stereocenters. The SMILES string of the molecule is CC=N/C(C)=C(\CNCCCCNC(=O)CCCCC(C)(CC)CCCO)N=CCCC. The highest BCUT2D eigenvalue weighted by atomic mass is 16.2. The second-order valence-electron chi connectivity index (χ2n) is 8.95. The molecule has 186 valence electrons. The van der Waals surface area contributed by atoms with Crippen molar-refractivity contribution in [3.05, 3.63) is 11.4 Å². The molecule has 0 spiro atoms. The molecule has 0 saturated heterocycles. The quantitative estimate of drug-likeness (QED) is 0.171. The highest BCUT2D eigenvalue weighted by Crippen LogP contribution is 2.33. The largest absolute Gasteiger partial charge is 0.396 e. The molecule has 0 aliphatic rings. The zero-order valence-electron chi connectivity index (χ0n) is 21.5. The van der Waals surface area contributed by atoms with Crippen molar-refractivity contribution in [2.45, 2.75) is 105 Å². The fourth-order valence-corrected chi connectivity index (χ4v) is 3.56. The second-order valence-corrected chi connectivity index (χ2v) is 8.95. The summed E-state index contributed by atoms with van der Waals surface area (Å²) in [5.41, 5.74) is 2.23. The summed E-state index contributed by atoms with van der Waals surface area (Å²) < 4.78 is 0. The van der Waals surface area contributed by atoms with Crippen LogP contribution in [0.1, 0.15) is 105 Å². The third kappa shape index (κ3) is 16.2. The van der Waals surface area contributed by atoms with Gasteiger partial charge >= 0.3 is 0 Å². The molecule has 0 aromatic heterocycles. The van der Waals surface area contributed by atoms with Gasteiger partial charge in [0.25, 0.3) is 0 Å². The minimum Gasteiger partial charge on any atom is -0.396 e. The normalized spacial score (nSPS) is 14.7. The van der Waals surface area contributed by atoms with E-state index < -0.39 is 0 Å². The molecule has 0 saturated carbocycles. The Kier molecular flexibility index (Phi) is 19.1. The van der Waals surface area contributed by atoms with E-state index in [9.17, 15) is 4.79 Å². The summed E-state index contributed by atoms with van der Waals surface area (Å²) in [6.45, 7) is 13.2. The third-order valence-electron chi connectivity index (χ3n) is 6.03. The van der Waals surface area contributed by atoms with Gasteiger partial charge in [0.1, 0.15) is 0 Å². The molecule has 6 heteroatoms. The van der Waals surface area contributed by atoms with Crippen LogP contribution in [0.3, 0.4) is 0 Å². The first-order valence-electron chi connectivity index (χ1n) is 12.7. The number of unbranched alkanes of at least 4 members (excludes halogenated alkanes) is 3. The number of rotatable bonds is 20. The van der Waals surface area contributed by atoms with Gasteiger partial charge in [0.05, 0.1) is 11.4 Å². The molecule has 0 bridgehead atoms. The van der Waals surface area contributed by atoms with Gasteiger partial charge in [-0.05, 0) is 70.8 Å². The molecule has 0 aromatic rings. The summed E-state index contributed by atoms with van der Waals surface area (Å²) >= 11 is 0. The number of aliphatic hydroxyl groups is 1. The molecule has 3 N–H and O–H groups in total. The van der Waals surface area contributed by atoms with E-state index in [1.54, 1.807) is 6.21 Å². The molecule has 0 heterocycles. The van der Waals surface area contributed by atoms with Gasteiger partial charge in [-0.2, -0.15) is 0 Å². The van der Waals surface area contributed by atoms with Crippen molar-refractivity contribution in [3.63, 3.8) is 0 Å². The van der Waals surface area contributed by atoms with Crippen molar-refractivity contribution >= 4 is 18.3 Å². The molecule has 32 heavy (non-hydrogen) atoms. The third-order valence-corrected chi connectivity index (χ3v) is 6.03. The number of nitrogens with zero attached hydrogens (tertiary/aromatic N) is 2.